The first-order chi connectivity index (χ1) is 10.1. The summed E-state index contributed by atoms with van der Waals surface area (Å²) in [6, 6.07) is 12.6. The van der Waals surface area contributed by atoms with E-state index in [-0.39, 0.29) is 11.3 Å². The highest BCUT2D eigenvalue weighted by molar-refractivity contribution is 6.17. The van der Waals surface area contributed by atoms with Crippen molar-refractivity contribution in [2.75, 3.05) is 5.32 Å². The predicted molar refractivity (Wildman–Crippen MR) is 77.0 cm³/mol. The number of hydrogen-bond donors (Lipinski definition) is 1. The van der Waals surface area contributed by atoms with E-state index >= 15 is 0 Å². The largest absolute Gasteiger partial charge is 0.435 e. The minimum Gasteiger partial charge on any atom is -0.435 e. The SMILES string of the molecule is O=C(Nc1ccc(CCl)cc1)c1cccc(OC(F)F)c1. The van der Waals surface area contributed by atoms with Crippen molar-refractivity contribution < 1.29 is 18.3 Å². The van der Waals surface area contributed by atoms with Crippen LogP contribution < -0.4 is 10.1 Å². The highest BCUT2D eigenvalue weighted by Gasteiger charge is 2.09. The summed E-state index contributed by atoms with van der Waals surface area (Å²) in [5, 5.41) is 2.66. The predicted octanol–water partition coefficient (Wildman–Crippen LogP) is 4.28. The van der Waals surface area contributed by atoms with E-state index in [0.29, 0.717) is 11.6 Å². The number of hydrogen-bond acceptors (Lipinski definition) is 2. The molecule has 21 heavy (non-hydrogen) atoms. The van der Waals surface area contributed by atoms with E-state index < -0.39 is 12.5 Å². The number of alkyl halides is 3. The molecule has 110 valence electrons. The van der Waals surface area contributed by atoms with E-state index in [1.54, 1.807) is 24.3 Å². The number of carbonyl (C=O) groups excluding carboxylic acids is 1. The molecular formula is C15H12ClF2NO2. The maximum absolute atomic E-state index is 12.1. The summed E-state index contributed by atoms with van der Waals surface area (Å²) < 4.78 is 28.5. The van der Waals surface area contributed by atoms with Gasteiger partial charge in [-0.2, -0.15) is 8.78 Å². The standard InChI is InChI=1S/C15H12ClF2NO2/c16-9-10-4-6-12(7-5-10)19-14(20)11-2-1-3-13(8-11)21-15(17)18/h1-8,15H,9H2,(H,19,20). The van der Waals surface area contributed by atoms with Crippen LogP contribution in [0.15, 0.2) is 48.5 Å². The van der Waals surface area contributed by atoms with Crippen molar-refractivity contribution in [3.8, 4) is 5.75 Å². The Morgan fingerprint density at radius 1 is 1.19 bits per heavy atom. The first-order valence-electron chi connectivity index (χ1n) is 6.09. The van der Waals surface area contributed by atoms with E-state index in [2.05, 4.69) is 10.1 Å². The third-order valence-electron chi connectivity index (χ3n) is 2.69. The summed E-state index contributed by atoms with van der Waals surface area (Å²) >= 11 is 5.68. The molecule has 0 unspecified atom stereocenters. The summed E-state index contributed by atoms with van der Waals surface area (Å²) in [6.45, 7) is -2.92. The van der Waals surface area contributed by atoms with Gasteiger partial charge in [0, 0.05) is 17.1 Å². The number of amides is 1. The Bertz CT molecular complexity index is 617. The summed E-state index contributed by atoms with van der Waals surface area (Å²) in [7, 11) is 0. The Morgan fingerprint density at radius 3 is 2.52 bits per heavy atom. The summed E-state index contributed by atoms with van der Waals surface area (Å²) in [5.74, 6) is -0.0789. The molecule has 2 aromatic rings. The third kappa shape index (κ3) is 4.43. The molecule has 1 amide bonds. The maximum atomic E-state index is 12.1. The van der Waals surface area contributed by atoms with Crippen LogP contribution in [0.4, 0.5) is 14.5 Å². The van der Waals surface area contributed by atoms with Crippen molar-refractivity contribution in [3.05, 3.63) is 59.7 Å². The van der Waals surface area contributed by atoms with Crippen LogP contribution >= 0.6 is 11.6 Å². The quantitative estimate of drug-likeness (QED) is 0.837. The van der Waals surface area contributed by atoms with Gasteiger partial charge in [0.2, 0.25) is 0 Å². The van der Waals surface area contributed by atoms with Gasteiger partial charge in [0.05, 0.1) is 0 Å². The summed E-state index contributed by atoms with van der Waals surface area (Å²) in [4.78, 5) is 12.0. The monoisotopic (exact) mass is 311 g/mol. The molecular weight excluding hydrogens is 300 g/mol. The normalized spacial score (nSPS) is 10.5. The van der Waals surface area contributed by atoms with Gasteiger partial charge in [0.25, 0.3) is 5.91 Å². The maximum Gasteiger partial charge on any atom is 0.387 e. The van der Waals surface area contributed by atoms with Crippen molar-refractivity contribution in [1.29, 1.82) is 0 Å². The highest BCUT2D eigenvalue weighted by Crippen LogP contribution is 2.18. The number of benzene rings is 2. The van der Waals surface area contributed by atoms with Gasteiger partial charge in [0.15, 0.2) is 0 Å². The van der Waals surface area contributed by atoms with Gasteiger partial charge < -0.3 is 10.1 Å². The molecule has 2 rings (SSSR count). The molecule has 6 heteroatoms. The summed E-state index contributed by atoms with van der Waals surface area (Å²) in [5.41, 5.74) is 1.76. The molecule has 0 saturated carbocycles. The molecule has 0 saturated heterocycles. The van der Waals surface area contributed by atoms with Gasteiger partial charge in [-0.25, -0.2) is 0 Å². The van der Waals surface area contributed by atoms with Gasteiger partial charge in [-0.05, 0) is 35.9 Å². The van der Waals surface area contributed by atoms with E-state index in [1.807, 2.05) is 0 Å². The average Bonchev–Trinajstić information content (AvgIpc) is 2.47. The van der Waals surface area contributed by atoms with Gasteiger partial charge in [-0.1, -0.05) is 18.2 Å². The summed E-state index contributed by atoms with van der Waals surface area (Å²) in [6.07, 6.45) is 0. The first kappa shape index (κ1) is 15.3. The number of halogens is 3. The molecule has 0 atom stereocenters. The minimum absolute atomic E-state index is 0.0601. The fourth-order valence-electron chi connectivity index (χ4n) is 1.69. The molecule has 0 fully saturated rings. The lowest BCUT2D eigenvalue weighted by Gasteiger charge is -2.08. The Balaban J connectivity index is 2.08. The number of carbonyl (C=O) groups is 1. The van der Waals surface area contributed by atoms with E-state index in [9.17, 15) is 13.6 Å². The molecule has 1 N–H and O–H groups in total. The zero-order valence-corrected chi connectivity index (χ0v) is 11.6. The second kappa shape index (κ2) is 7.04. The number of rotatable bonds is 5. The lowest BCUT2D eigenvalue weighted by molar-refractivity contribution is -0.0498. The van der Waals surface area contributed by atoms with Crippen LogP contribution in [-0.4, -0.2) is 12.5 Å². The van der Waals surface area contributed by atoms with Gasteiger partial charge in [0.1, 0.15) is 5.75 Å². The van der Waals surface area contributed by atoms with Crippen LogP contribution in [-0.2, 0) is 5.88 Å². The molecule has 2 aromatic carbocycles. The zero-order chi connectivity index (χ0) is 15.2. The Morgan fingerprint density at radius 2 is 1.90 bits per heavy atom. The minimum atomic E-state index is -2.92. The average molecular weight is 312 g/mol. The lowest BCUT2D eigenvalue weighted by Crippen LogP contribution is -2.12. The van der Waals surface area contributed by atoms with Crippen molar-refractivity contribution in [3.63, 3.8) is 0 Å². The Hall–Kier alpha value is -2.14. The fourth-order valence-corrected chi connectivity index (χ4v) is 1.87. The topological polar surface area (TPSA) is 38.3 Å². The van der Waals surface area contributed by atoms with Crippen molar-refractivity contribution >= 4 is 23.2 Å². The fraction of sp³-hybridized carbons (Fsp3) is 0.133. The smallest absolute Gasteiger partial charge is 0.387 e. The lowest BCUT2D eigenvalue weighted by atomic mass is 10.2. The van der Waals surface area contributed by atoms with Crippen LogP contribution in [0.2, 0.25) is 0 Å². The number of anilines is 1. The third-order valence-corrected chi connectivity index (χ3v) is 3.00. The second-order valence-corrected chi connectivity index (χ2v) is 4.46. The van der Waals surface area contributed by atoms with Crippen LogP contribution in [0.5, 0.6) is 5.75 Å². The van der Waals surface area contributed by atoms with Crippen LogP contribution in [0.1, 0.15) is 15.9 Å². The molecule has 0 aliphatic carbocycles. The van der Waals surface area contributed by atoms with Crippen LogP contribution in [0.3, 0.4) is 0 Å². The molecule has 0 radical (unpaired) electrons. The van der Waals surface area contributed by atoms with E-state index in [4.69, 9.17) is 11.6 Å². The molecule has 0 bridgehead atoms. The Labute approximate surface area is 125 Å². The van der Waals surface area contributed by atoms with Gasteiger partial charge >= 0.3 is 6.61 Å². The first-order valence-corrected chi connectivity index (χ1v) is 6.63. The van der Waals surface area contributed by atoms with Crippen LogP contribution in [0, 0.1) is 0 Å². The molecule has 0 aromatic heterocycles. The van der Waals surface area contributed by atoms with E-state index in [1.165, 1.54) is 24.3 Å². The molecule has 0 aliphatic heterocycles. The molecule has 3 nitrogen and oxygen atoms in total. The van der Waals surface area contributed by atoms with E-state index in [0.717, 1.165) is 5.56 Å². The van der Waals surface area contributed by atoms with Gasteiger partial charge in [-0.15, -0.1) is 11.6 Å². The number of ether oxygens (including phenoxy) is 1. The van der Waals surface area contributed by atoms with Crippen molar-refractivity contribution in [2.24, 2.45) is 0 Å². The Kier molecular flexibility index (Phi) is 5.11. The highest BCUT2D eigenvalue weighted by atomic mass is 35.5. The van der Waals surface area contributed by atoms with Crippen LogP contribution in [0.25, 0.3) is 0 Å². The molecule has 0 aliphatic rings. The zero-order valence-electron chi connectivity index (χ0n) is 10.9. The van der Waals surface area contributed by atoms with Crippen molar-refractivity contribution in [2.45, 2.75) is 12.5 Å². The number of nitrogens with one attached hydrogen (secondary N) is 1. The second-order valence-electron chi connectivity index (χ2n) is 4.19. The van der Waals surface area contributed by atoms with Gasteiger partial charge in [-0.3, -0.25) is 4.79 Å². The van der Waals surface area contributed by atoms with Crippen molar-refractivity contribution in [1.82, 2.24) is 0 Å². The molecule has 0 spiro atoms. The molecule has 0 heterocycles.